The van der Waals surface area contributed by atoms with Crippen LogP contribution in [0.15, 0.2) is 0 Å². The second kappa shape index (κ2) is 6.06. The van der Waals surface area contributed by atoms with Crippen molar-refractivity contribution in [2.45, 2.75) is 44.3 Å². The number of carbonyl (C=O) groups excluding carboxylic acids is 1. The van der Waals surface area contributed by atoms with E-state index in [-0.39, 0.29) is 17.1 Å². The number of carbonyl (C=O) groups is 1. The number of ether oxygens (including phenoxy) is 1. The molecule has 14 heavy (non-hydrogen) atoms. The zero-order chi connectivity index (χ0) is 10.4. The van der Waals surface area contributed by atoms with Gasteiger partial charge in [0.05, 0.1) is 6.61 Å². The Bertz CT molecular complexity index is 206. The van der Waals surface area contributed by atoms with Gasteiger partial charge in [0.1, 0.15) is 5.92 Å². The van der Waals surface area contributed by atoms with Gasteiger partial charge in [0.15, 0.2) is 0 Å². The second-order valence-electron chi connectivity index (χ2n) is 3.63. The first-order valence-electron chi connectivity index (χ1n) is 5.24. The molecule has 0 bridgehead atoms. The van der Waals surface area contributed by atoms with Gasteiger partial charge < -0.3 is 4.74 Å². The zero-order valence-electron chi connectivity index (χ0n) is 8.53. The van der Waals surface area contributed by atoms with E-state index in [2.05, 4.69) is 0 Å². The van der Waals surface area contributed by atoms with E-state index in [1.165, 1.54) is 0 Å². The summed E-state index contributed by atoms with van der Waals surface area (Å²) in [5.74, 6) is -0.345. The van der Waals surface area contributed by atoms with Crippen molar-refractivity contribution < 1.29 is 13.7 Å². The van der Waals surface area contributed by atoms with E-state index in [0.29, 0.717) is 18.3 Å². The fourth-order valence-electron chi connectivity index (χ4n) is 1.91. The maximum Gasteiger partial charge on any atom is 0.462 e. The maximum atomic E-state index is 11.5. The second-order valence-corrected chi connectivity index (χ2v) is 4.43. The normalized spacial score (nSPS) is 27.8. The molecule has 2 unspecified atom stereocenters. The van der Waals surface area contributed by atoms with Gasteiger partial charge in [-0.3, -0.25) is 4.79 Å². The Labute approximate surface area is 88.7 Å². The average Bonchev–Trinajstić information content (AvgIpc) is 2.42. The molecule has 4 heteroatoms. The van der Waals surface area contributed by atoms with Crippen molar-refractivity contribution in [3.8, 4) is 0 Å². The molecule has 1 rings (SSSR count). The van der Waals surface area contributed by atoms with Crippen molar-refractivity contribution in [2.75, 3.05) is 6.61 Å². The highest BCUT2D eigenvalue weighted by atomic mass is 32.1. The predicted octanol–water partition coefficient (Wildman–Crippen LogP) is 1.93. The van der Waals surface area contributed by atoms with Gasteiger partial charge in [0.2, 0.25) is 0 Å². The first-order valence-corrected chi connectivity index (χ1v) is 6.05. The summed E-state index contributed by atoms with van der Waals surface area (Å²) in [5, 5.41) is -0.0726. The minimum Gasteiger partial charge on any atom is -0.466 e. The highest BCUT2D eigenvalue weighted by Gasteiger charge is 2.39. The third-order valence-corrected chi connectivity index (χ3v) is 3.48. The highest BCUT2D eigenvalue weighted by Crippen LogP contribution is 2.25. The van der Waals surface area contributed by atoms with Crippen molar-refractivity contribution in [3.05, 3.63) is 0 Å². The van der Waals surface area contributed by atoms with E-state index in [0.717, 1.165) is 32.1 Å². The van der Waals surface area contributed by atoms with Crippen LogP contribution in [0.5, 0.6) is 0 Å². The highest BCUT2D eigenvalue weighted by molar-refractivity contribution is 7.66. The summed E-state index contributed by atoms with van der Waals surface area (Å²) in [6, 6.07) is 0. The van der Waals surface area contributed by atoms with Crippen LogP contribution in [0.2, 0.25) is 0 Å². The van der Waals surface area contributed by atoms with Crippen LogP contribution in [0.4, 0.5) is 0 Å². The van der Waals surface area contributed by atoms with Crippen molar-refractivity contribution in [1.82, 2.24) is 0 Å². The lowest BCUT2D eigenvalue weighted by atomic mass is 10.0. The van der Waals surface area contributed by atoms with Gasteiger partial charge in [-0.1, -0.05) is 12.8 Å². The van der Waals surface area contributed by atoms with Gasteiger partial charge in [-0.15, -0.1) is 0 Å². The van der Waals surface area contributed by atoms with E-state index in [4.69, 9.17) is 4.74 Å². The molecule has 0 aromatic heterocycles. The third-order valence-electron chi connectivity index (χ3n) is 2.67. The lowest BCUT2D eigenvalue weighted by molar-refractivity contribution is -0.148. The van der Waals surface area contributed by atoms with Gasteiger partial charge in [0.25, 0.3) is 5.25 Å². The van der Waals surface area contributed by atoms with Gasteiger partial charge >= 0.3 is 17.6 Å². The first kappa shape index (κ1) is 11.6. The summed E-state index contributed by atoms with van der Waals surface area (Å²) in [5.41, 5.74) is 0. The van der Waals surface area contributed by atoms with Gasteiger partial charge in [-0.05, 0) is 19.8 Å². The Hall–Kier alpha value is -0.510. The molecule has 1 saturated carbocycles. The molecular formula is C10H17O3S+. The molecule has 0 N–H and O–H groups in total. The lowest BCUT2D eigenvalue weighted by Gasteiger charge is -2.11. The molecular weight excluding hydrogens is 200 g/mol. The van der Waals surface area contributed by atoms with E-state index < -0.39 is 0 Å². The summed E-state index contributed by atoms with van der Waals surface area (Å²) in [6.45, 7) is 2.21. The largest absolute Gasteiger partial charge is 0.466 e. The quantitative estimate of drug-likeness (QED) is 0.412. The molecule has 0 aromatic carbocycles. The molecule has 80 valence electrons. The fraction of sp³-hybridized carbons (Fsp3) is 0.900. The summed E-state index contributed by atoms with van der Waals surface area (Å²) < 4.78 is 15.8. The molecule has 0 radical (unpaired) electrons. The number of hydrogen-bond donors (Lipinski definition) is 0. The van der Waals surface area contributed by atoms with Crippen LogP contribution < -0.4 is 0 Å². The SMILES string of the molecule is CCOC(=O)C1CCCCCC1[S+]=O. The molecule has 3 nitrogen and oxygen atoms in total. The van der Waals surface area contributed by atoms with Crippen molar-refractivity contribution >= 4 is 17.6 Å². The van der Waals surface area contributed by atoms with Crippen LogP contribution in [0.3, 0.4) is 0 Å². The first-order chi connectivity index (χ1) is 6.79. The van der Waals surface area contributed by atoms with Crippen molar-refractivity contribution in [3.63, 3.8) is 0 Å². The Kier molecular flexibility index (Phi) is 5.01. The molecule has 0 aromatic rings. The van der Waals surface area contributed by atoms with Gasteiger partial charge in [0, 0.05) is 10.6 Å². The summed E-state index contributed by atoms with van der Waals surface area (Å²) >= 11 is 0.571. The van der Waals surface area contributed by atoms with Crippen LogP contribution in [0, 0.1) is 5.92 Å². The molecule has 1 aliphatic rings. The zero-order valence-corrected chi connectivity index (χ0v) is 9.35. The van der Waals surface area contributed by atoms with E-state index in [9.17, 15) is 9.00 Å². The Balaban J connectivity index is 2.60. The molecule has 0 spiro atoms. The summed E-state index contributed by atoms with van der Waals surface area (Å²) in [7, 11) is 0. The fourth-order valence-corrected chi connectivity index (χ4v) is 2.55. The number of hydrogen-bond acceptors (Lipinski definition) is 3. The Morgan fingerprint density at radius 1 is 1.36 bits per heavy atom. The lowest BCUT2D eigenvalue weighted by Crippen LogP contribution is -2.28. The van der Waals surface area contributed by atoms with Crippen LogP contribution in [-0.4, -0.2) is 17.8 Å². The summed E-state index contributed by atoms with van der Waals surface area (Å²) in [6.07, 6.45) is 4.92. The average molecular weight is 217 g/mol. The van der Waals surface area contributed by atoms with Crippen LogP contribution in [0.1, 0.15) is 39.0 Å². The molecule has 0 aliphatic heterocycles. The Morgan fingerprint density at radius 2 is 2.07 bits per heavy atom. The molecule has 0 saturated heterocycles. The smallest absolute Gasteiger partial charge is 0.462 e. The predicted molar refractivity (Wildman–Crippen MR) is 55.0 cm³/mol. The van der Waals surface area contributed by atoms with Crippen LogP contribution >= 0.6 is 0 Å². The van der Waals surface area contributed by atoms with Gasteiger partial charge in [-0.25, -0.2) is 0 Å². The van der Waals surface area contributed by atoms with Crippen LogP contribution in [0.25, 0.3) is 0 Å². The van der Waals surface area contributed by atoms with Crippen molar-refractivity contribution in [2.24, 2.45) is 5.92 Å². The van der Waals surface area contributed by atoms with E-state index in [1.807, 2.05) is 0 Å². The van der Waals surface area contributed by atoms with E-state index in [1.54, 1.807) is 6.92 Å². The number of rotatable bonds is 3. The number of esters is 1. The molecule has 0 heterocycles. The summed E-state index contributed by atoms with van der Waals surface area (Å²) in [4.78, 5) is 11.5. The van der Waals surface area contributed by atoms with Gasteiger partial charge in [-0.2, -0.15) is 0 Å². The minimum atomic E-state index is -0.178. The molecule has 1 aliphatic carbocycles. The third kappa shape index (κ3) is 3.01. The van der Waals surface area contributed by atoms with Crippen LogP contribution in [-0.2, 0) is 25.4 Å². The standard InChI is InChI=1S/C10H17O3S/c1-2-13-10(11)8-6-4-3-5-7-9(8)14-12/h8-9H,2-7H2,1H3/q+1. The maximum absolute atomic E-state index is 11.5. The van der Waals surface area contributed by atoms with Crippen molar-refractivity contribution in [1.29, 1.82) is 0 Å². The Morgan fingerprint density at radius 3 is 2.71 bits per heavy atom. The minimum absolute atomic E-state index is 0.0726. The van der Waals surface area contributed by atoms with E-state index >= 15 is 0 Å². The molecule has 0 amide bonds. The monoisotopic (exact) mass is 217 g/mol. The molecule has 2 atom stereocenters. The topological polar surface area (TPSA) is 43.4 Å². The molecule has 1 fully saturated rings.